The second-order valence-corrected chi connectivity index (χ2v) is 5.67. The molecule has 1 amide bonds. The first-order valence-corrected chi connectivity index (χ1v) is 6.83. The van der Waals surface area contributed by atoms with Crippen LogP contribution >= 0.6 is 0 Å². The highest BCUT2D eigenvalue weighted by Crippen LogP contribution is 2.18. The lowest BCUT2D eigenvalue weighted by Crippen LogP contribution is -2.35. The van der Waals surface area contributed by atoms with Gasteiger partial charge < -0.3 is 5.32 Å². The molecule has 2 rings (SSSR count). The maximum atomic E-state index is 13.0. The number of carbonyl (C=O) groups is 1. The first kappa shape index (κ1) is 12.2. The third-order valence-electron chi connectivity index (χ3n) is 2.77. The summed E-state index contributed by atoms with van der Waals surface area (Å²) in [6.07, 6.45) is 2.36. The number of benzene rings is 1. The molecule has 2 unspecified atom stereocenters. The lowest BCUT2D eigenvalue weighted by molar-refractivity contribution is -0.120. The third kappa shape index (κ3) is 2.91. The summed E-state index contributed by atoms with van der Waals surface area (Å²) in [6, 6.07) is 5.64. The van der Waals surface area contributed by atoms with Gasteiger partial charge in [0, 0.05) is 11.4 Å². The summed E-state index contributed by atoms with van der Waals surface area (Å²) in [5.74, 6) is -0.616. The second-order valence-electron chi connectivity index (χ2n) is 4.03. The van der Waals surface area contributed by atoms with Gasteiger partial charge in [-0.05, 0) is 37.5 Å². The molecule has 0 aliphatic carbocycles. The average Bonchev–Trinajstić information content (AvgIpc) is 2.53. The molecule has 1 saturated heterocycles. The maximum Gasteiger partial charge on any atom is 0.236 e. The molecule has 17 heavy (non-hydrogen) atoms. The fraction of sp³-hybridized carbons (Fsp3) is 0.417. The van der Waals surface area contributed by atoms with Crippen LogP contribution in [0.1, 0.15) is 19.3 Å². The van der Waals surface area contributed by atoms with E-state index in [2.05, 4.69) is 5.32 Å². The monoisotopic (exact) mass is 255 g/mol. The molecule has 5 heteroatoms. The molecule has 0 saturated carbocycles. The van der Waals surface area contributed by atoms with Crippen molar-refractivity contribution in [3.8, 4) is 0 Å². The zero-order valence-corrected chi connectivity index (χ0v) is 10.1. The Kier molecular flexibility index (Phi) is 3.89. The molecule has 3 nitrogen and oxygen atoms in total. The Hall–Kier alpha value is -1.23. The van der Waals surface area contributed by atoms with E-state index in [-0.39, 0.29) is 5.91 Å². The van der Waals surface area contributed by atoms with Gasteiger partial charge in [-0.1, -0.05) is 6.07 Å². The summed E-state index contributed by atoms with van der Waals surface area (Å²) in [5.41, 5.74) is 0. The zero-order chi connectivity index (χ0) is 12.3. The van der Waals surface area contributed by atoms with Gasteiger partial charge in [-0.15, -0.1) is 0 Å². The van der Waals surface area contributed by atoms with Crippen molar-refractivity contribution in [3.63, 3.8) is 0 Å². The van der Waals surface area contributed by atoms with Crippen LogP contribution in [0.5, 0.6) is 0 Å². The van der Waals surface area contributed by atoms with Crippen molar-refractivity contribution in [1.82, 2.24) is 5.32 Å². The van der Waals surface area contributed by atoms with Crippen LogP contribution in [0.25, 0.3) is 0 Å². The van der Waals surface area contributed by atoms with E-state index in [0.29, 0.717) is 17.9 Å². The van der Waals surface area contributed by atoms with Crippen molar-refractivity contribution in [2.75, 3.05) is 6.54 Å². The SMILES string of the molecule is O=C1NCCCCC1S(=O)c1cccc(F)c1. The lowest BCUT2D eigenvalue weighted by atomic mass is 10.2. The molecule has 1 fully saturated rings. The van der Waals surface area contributed by atoms with Gasteiger partial charge in [0.2, 0.25) is 5.91 Å². The number of rotatable bonds is 2. The smallest absolute Gasteiger partial charge is 0.236 e. The highest BCUT2D eigenvalue weighted by Gasteiger charge is 2.27. The number of nitrogens with one attached hydrogen (secondary N) is 1. The zero-order valence-electron chi connectivity index (χ0n) is 9.32. The van der Waals surface area contributed by atoms with E-state index in [4.69, 9.17) is 0 Å². The fourth-order valence-corrected chi connectivity index (χ4v) is 3.30. The Bertz CT molecular complexity index is 450. The highest BCUT2D eigenvalue weighted by molar-refractivity contribution is 7.86. The Morgan fingerprint density at radius 1 is 1.35 bits per heavy atom. The molecule has 0 bridgehead atoms. The largest absolute Gasteiger partial charge is 0.355 e. The fourth-order valence-electron chi connectivity index (χ4n) is 1.87. The van der Waals surface area contributed by atoms with Gasteiger partial charge in [0.05, 0.1) is 10.8 Å². The van der Waals surface area contributed by atoms with Gasteiger partial charge in [0.15, 0.2) is 0 Å². The molecule has 1 aromatic rings. The van der Waals surface area contributed by atoms with E-state index < -0.39 is 21.9 Å². The maximum absolute atomic E-state index is 13.0. The van der Waals surface area contributed by atoms with Crippen molar-refractivity contribution >= 4 is 16.7 Å². The Morgan fingerprint density at radius 2 is 2.18 bits per heavy atom. The molecule has 1 aliphatic heterocycles. The molecule has 2 atom stereocenters. The van der Waals surface area contributed by atoms with Crippen LogP contribution in [-0.4, -0.2) is 21.9 Å². The molecule has 1 heterocycles. The molecule has 92 valence electrons. The highest BCUT2D eigenvalue weighted by atomic mass is 32.2. The van der Waals surface area contributed by atoms with E-state index in [1.165, 1.54) is 18.2 Å². The van der Waals surface area contributed by atoms with Crippen molar-refractivity contribution in [1.29, 1.82) is 0 Å². The average molecular weight is 255 g/mol. The normalized spacial score (nSPS) is 22.6. The first-order chi connectivity index (χ1) is 8.18. The quantitative estimate of drug-likeness (QED) is 0.872. The minimum Gasteiger partial charge on any atom is -0.355 e. The van der Waals surface area contributed by atoms with E-state index in [9.17, 15) is 13.4 Å². The van der Waals surface area contributed by atoms with E-state index in [1.807, 2.05) is 0 Å². The van der Waals surface area contributed by atoms with Gasteiger partial charge in [-0.2, -0.15) is 0 Å². The van der Waals surface area contributed by atoms with Crippen molar-refractivity contribution in [3.05, 3.63) is 30.1 Å². The summed E-state index contributed by atoms with van der Waals surface area (Å²) >= 11 is 0. The Labute approximate surface area is 102 Å². The van der Waals surface area contributed by atoms with Crippen molar-refractivity contribution < 1.29 is 13.4 Å². The Balaban J connectivity index is 2.21. The molecule has 1 N–H and O–H groups in total. The number of halogens is 1. The van der Waals surface area contributed by atoms with Crippen LogP contribution in [0.2, 0.25) is 0 Å². The summed E-state index contributed by atoms with van der Waals surface area (Å²) < 4.78 is 25.2. The van der Waals surface area contributed by atoms with E-state index in [1.54, 1.807) is 6.07 Å². The second kappa shape index (κ2) is 5.40. The van der Waals surface area contributed by atoms with Crippen LogP contribution in [0, 0.1) is 5.82 Å². The Morgan fingerprint density at radius 3 is 2.94 bits per heavy atom. The van der Waals surface area contributed by atoms with E-state index >= 15 is 0 Å². The summed E-state index contributed by atoms with van der Waals surface area (Å²) in [4.78, 5) is 12.1. The number of amides is 1. The molecule has 1 aromatic carbocycles. The van der Waals surface area contributed by atoms with Crippen molar-refractivity contribution in [2.45, 2.75) is 29.4 Å². The van der Waals surface area contributed by atoms with Crippen LogP contribution in [0.4, 0.5) is 4.39 Å². The van der Waals surface area contributed by atoms with Crippen molar-refractivity contribution in [2.24, 2.45) is 0 Å². The van der Waals surface area contributed by atoms with Crippen LogP contribution in [0.15, 0.2) is 29.2 Å². The summed E-state index contributed by atoms with van der Waals surface area (Å²) in [7, 11) is -1.47. The summed E-state index contributed by atoms with van der Waals surface area (Å²) in [6.45, 7) is 0.635. The van der Waals surface area contributed by atoms with Crippen LogP contribution < -0.4 is 5.32 Å². The molecule has 0 aromatic heterocycles. The minimum atomic E-state index is -1.47. The van der Waals surface area contributed by atoms with Gasteiger partial charge in [-0.3, -0.25) is 9.00 Å². The number of hydrogen-bond donors (Lipinski definition) is 1. The van der Waals surface area contributed by atoms with Gasteiger partial charge in [0.25, 0.3) is 0 Å². The predicted molar refractivity (Wildman–Crippen MR) is 63.5 cm³/mol. The molecular weight excluding hydrogens is 241 g/mol. The van der Waals surface area contributed by atoms with Gasteiger partial charge >= 0.3 is 0 Å². The third-order valence-corrected chi connectivity index (χ3v) is 4.46. The topological polar surface area (TPSA) is 46.2 Å². The summed E-state index contributed by atoms with van der Waals surface area (Å²) in [5, 5.41) is 2.18. The lowest BCUT2D eigenvalue weighted by Gasteiger charge is -2.12. The van der Waals surface area contributed by atoms with Gasteiger partial charge in [0.1, 0.15) is 11.1 Å². The minimum absolute atomic E-state index is 0.190. The molecule has 1 aliphatic rings. The molecule has 0 spiro atoms. The predicted octanol–water partition coefficient (Wildman–Crippen LogP) is 1.60. The number of carbonyl (C=O) groups excluding carboxylic acids is 1. The first-order valence-electron chi connectivity index (χ1n) is 5.62. The molecular formula is C12H14FNO2S. The van der Waals surface area contributed by atoms with Gasteiger partial charge in [-0.25, -0.2) is 4.39 Å². The van der Waals surface area contributed by atoms with E-state index in [0.717, 1.165) is 12.8 Å². The standard InChI is InChI=1S/C12H14FNO2S/c13-9-4-3-5-10(8-9)17(16)11-6-1-2-7-14-12(11)15/h3-5,8,11H,1-2,6-7H2,(H,14,15). The molecule has 0 radical (unpaired) electrons. The van der Waals surface area contributed by atoms with Crippen LogP contribution in [0.3, 0.4) is 0 Å². The number of hydrogen-bond acceptors (Lipinski definition) is 2. The van der Waals surface area contributed by atoms with Crippen LogP contribution in [-0.2, 0) is 15.6 Å².